The standard InChI is InChI=1S/C12H7F6N3O4/c13-11(14,15)8-5-10(23,12(16,17)18)20(19-8)9(22)6-3-1-2-4-7(6)21(24)25/h1-4,23H,5H2. The van der Waals surface area contributed by atoms with Gasteiger partial charge >= 0.3 is 12.4 Å². The van der Waals surface area contributed by atoms with Gasteiger partial charge in [-0.2, -0.15) is 36.5 Å². The molecule has 0 spiro atoms. The monoisotopic (exact) mass is 371 g/mol. The van der Waals surface area contributed by atoms with Gasteiger partial charge in [-0.25, -0.2) is 0 Å². The number of amides is 1. The van der Waals surface area contributed by atoms with E-state index in [9.17, 15) is 46.4 Å². The van der Waals surface area contributed by atoms with Crippen LogP contribution in [-0.2, 0) is 0 Å². The average Bonchev–Trinajstić information content (AvgIpc) is 2.85. The van der Waals surface area contributed by atoms with Gasteiger partial charge in [-0.15, -0.1) is 0 Å². The topological polar surface area (TPSA) is 96.0 Å². The van der Waals surface area contributed by atoms with Crippen LogP contribution in [0.25, 0.3) is 0 Å². The average molecular weight is 371 g/mol. The predicted molar refractivity (Wildman–Crippen MR) is 68.4 cm³/mol. The lowest BCUT2D eigenvalue weighted by atomic mass is 10.0. The molecule has 1 aromatic rings. The van der Waals surface area contributed by atoms with Gasteiger partial charge in [0.2, 0.25) is 0 Å². The van der Waals surface area contributed by atoms with E-state index >= 15 is 0 Å². The largest absolute Gasteiger partial charge is 0.438 e. The first-order valence-electron chi connectivity index (χ1n) is 6.31. The number of hydrogen-bond acceptors (Lipinski definition) is 5. The highest BCUT2D eigenvalue weighted by Gasteiger charge is 2.66. The summed E-state index contributed by atoms with van der Waals surface area (Å²) in [7, 11) is 0. The van der Waals surface area contributed by atoms with Crippen LogP contribution in [0.15, 0.2) is 29.4 Å². The lowest BCUT2D eigenvalue weighted by Crippen LogP contribution is -2.57. The number of para-hydroxylation sites is 1. The van der Waals surface area contributed by atoms with Crippen LogP contribution in [0.1, 0.15) is 16.8 Å². The third-order valence-electron chi connectivity index (χ3n) is 3.29. The van der Waals surface area contributed by atoms with Crippen LogP contribution in [0.5, 0.6) is 0 Å². The molecule has 0 radical (unpaired) electrons. The summed E-state index contributed by atoms with van der Waals surface area (Å²) >= 11 is 0. The van der Waals surface area contributed by atoms with Crippen LogP contribution < -0.4 is 0 Å². The number of hydrogen-bond donors (Lipinski definition) is 1. The Morgan fingerprint density at radius 2 is 1.80 bits per heavy atom. The molecule has 1 aromatic carbocycles. The Kier molecular flexibility index (Phi) is 4.24. The summed E-state index contributed by atoms with van der Waals surface area (Å²) < 4.78 is 77.3. The molecule has 1 amide bonds. The number of nitrogens with zero attached hydrogens (tertiary/aromatic N) is 3. The van der Waals surface area contributed by atoms with Crippen molar-refractivity contribution in [2.75, 3.05) is 0 Å². The second kappa shape index (κ2) is 5.68. The van der Waals surface area contributed by atoms with E-state index < -0.39 is 57.3 Å². The molecule has 13 heteroatoms. The van der Waals surface area contributed by atoms with Crippen LogP contribution in [0.3, 0.4) is 0 Å². The van der Waals surface area contributed by atoms with Gasteiger partial charge in [0, 0.05) is 6.07 Å². The molecule has 0 aliphatic carbocycles. The molecule has 25 heavy (non-hydrogen) atoms. The molecule has 1 aliphatic rings. The van der Waals surface area contributed by atoms with Crippen LogP contribution in [0.4, 0.5) is 32.0 Å². The fourth-order valence-corrected chi connectivity index (χ4v) is 2.07. The summed E-state index contributed by atoms with van der Waals surface area (Å²) in [5.74, 6) is -1.90. The zero-order valence-electron chi connectivity index (χ0n) is 11.8. The summed E-state index contributed by atoms with van der Waals surface area (Å²) in [5, 5.41) is 22.3. The lowest BCUT2D eigenvalue weighted by molar-refractivity contribution is -0.385. The Bertz CT molecular complexity index is 760. The third-order valence-corrected chi connectivity index (χ3v) is 3.29. The van der Waals surface area contributed by atoms with Gasteiger partial charge in [0.15, 0.2) is 0 Å². The molecule has 1 atom stereocenters. The summed E-state index contributed by atoms with van der Waals surface area (Å²) in [6.45, 7) is 0. The fourth-order valence-electron chi connectivity index (χ4n) is 2.07. The van der Waals surface area contributed by atoms with E-state index in [0.717, 1.165) is 24.3 Å². The molecule has 0 aromatic heterocycles. The normalized spacial score (nSPS) is 21.2. The van der Waals surface area contributed by atoms with Gasteiger partial charge in [0.25, 0.3) is 17.3 Å². The van der Waals surface area contributed by atoms with E-state index in [4.69, 9.17) is 0 Å². The van der Waals surface area contributed by atoms with Gasteiger partial charge in [0.05, 0.1) is 11.3 Å². The van der Waals surface area contributed by atoms with Crippen molar-refractivity contribution in [3.8, 4) is 0 Å². The van der Waals surface area contributed by atoms with Crippen molar-refractivity contribution in [2.45, 2.75) is 24.5 Å². The predicted octanol–water partition coefficient (Wildman–Crippen LogP) is 2.61. The molecule has 1 N–H and O–H groups in total. The highest BCUT2D eigenvalue weighted by Crippen LogP contribution is 2.44. The van der Waals surface area contributed by atoms with E-state index in [-0.39, 0.29) is 0 Å². The van der Waals surface area contributed by atoms with Crippen molar-refractivity contribution in [3.05, 3.63) is 39.9 Å². The highest BCUT2D eigenvalue weighted by molar-refractivity contribution is 6.02. The quantitative estimate of drug-likeness (QED) is 0.491. The van der Waals surface area contributed by atoms with Gasteiger partial charge in [0.1, 0.15) is 11.3 Å². The number of nitro benzene ring substituents is 1. The Morgan fingerprint density at radius 1 is 1.24 bits per heavy atom. The molecule has 0 saturated carbocycles. The number of rotatable bonds is 2. The molecule has 1 aliphatic heterocycles. The Labute approximate surface area is 134 Å². The van der Waals surface area contributed by atoms with Crippen molar-refractivity contribution < 1.29 is 41.2 Å². The first-order valence-corrected chi connectivity index (χ1v) is 6.31. The minimum absolute atomic E-state index is 0.734. The Morgan fingerprint density at radius 3 is 2.28 bits per heavy atom. The molecular formula is C12H7F6N3O4. The highest BCUT2D eigenvalue weighted by atomic mass is 19.4. The smallest absolute Gasteiger partial charge is 0.362 e. The fraction of sp³-hybridized carbons (Fsp3) is 0.333. The maximum Gasteiger partial charge on any atom is 0.438 e. The van der Waals surface area contributed by atoms with Crippen LogP contribution >= 0.6 is 0 Å². The number of aliphatic hydroxyl groups is 1. The van der Waals surface area contributed by atoms with Crippen LogP contribution in [-0.4, -0.2) is 44.7 Å². The summed E-state index contributed by atoms with van der Waals surface area (Å²) in [5.41, 5.74) is -8.23. The van der Waals surface area contributed by atoms with Gasteiger partial charge in [-0.3, -0.25) is 14.9 Å². The number of hydrazone groups is 1. The minimum atomic E-state index is -5.69. The molecular weight excluding hydrogens is 364 g/mol. The van der Waals surface area contributed by atoms with Crippen molar-refractivity contribution >= 4 is 17.3 Å². The first kappa shape index (κ1) is 18.6. The second-order valence-corrected chi connectivity index (χ2v) is 4.93. The molecule has 0 fully saturated rings. The molecule has 136 valence electrons. The van der Waals surface area contributed by atoms with Crippen molar-refractivity contribution in [1.29, 1.82) is 0 Å². The number of alkyl halides is 6. The maximum atomic E-state index is 13.1. The van der Waals surface area contributed by atoms with Gasteiger partial charge in [-0.1, -0.05) is 12.1 Å². The van der Waals surface area contributed by atoms with Crippen molar-refractivity contribution in [1.82, 2.24) is 5.01 Å². The first-order chi connectivity index (χ1) is 11.3. The SMILES string of the molecule is O=C(c1ccccc1[N+](=O)[O-])N1N=C(C(F)(F)F)CC1(O)C(F)(F)F. The number of nitro groups is 1. The second-order valence-electron chi connectivity index (χ2n) is 4.93. The molecule has 1 heterocycles. The molecule has 2 rings (SSSR count). The van der Waals surface area contributed by atoms with E-state index in [1.165, 1.54) is 0 Å². The number of carbonyl (C=O) groups is 1. The Hall–Kier alpha value is -2.70. The van der Waals surface area contributed by atoms with Crippen LogP contribution in [0, 0.1) is 10.1 Å². The lowest BCUT2D eigenvalue weighted by Gasteiger charge is -2.32. The van der Waals surface area contributed by atoms with Crippen molar-refractivity contribution in [2.24, 2.45) is 5.10 Å². The summed E-state index contributed by atoms with van der Waals surface area (Å²) in [6, 6.07) is 3.65. The molecule has 1 unspecified atom stereocenters. The molecule has 7 nitrogen and oxygen atoms in total. The zero-order chi connectivity index (χ0) is 19.2. The molecule has 0 bridgehead atoms. The van der Waals surface area contributed by atoms with E-state index in [2.05, 4.69) is 5.10 Å². The summed E-state index contributed by atoms with van der Waals surface area (Å²) in [6.07, 6.45) is -13.1. The minimum Gasteiger partial charge on any atom is -0.362 e. The molecule has 0 saturated heterocycles. The van der Waals surface area contributed by atoms with E-state index in [1.807, 2.05) is 0 Å². The van der Waals surface area contributed by atoms with E-state index in [1.54, 1.807) is 0 Å². The number of benzene rings is 1. The third kappa shape index (κ3) is 3.14. The zero-order valence-corrected chi connectivity index (χ0v) is 11.8. The van der Waals surface area contributed by atoms with Crippen LogP contribution in [0.2, 0.25) is 0 Å². The van der Waals surface area contributed by atoms with Crippen molar-refractivity contribution in [3.63, 3.8) is 0 Å². The Balaban J connectivity index is 2.59. The van der Waals surface area contributed by atoms with Gasteiger partial charge < -0.3 is 5.11 Å². The van der Waals surface area contributed by atoms with E-state index in [0.29, 0.717) is 0 Å². The maximum absolute atomic E-state index is 13.1. The number of carbonyl (C=O) groups excluding carboxylic acids is 1. The number of halogens is 6. The summed E-state index contributed by atoms with van der Waals surface area (Å²) in [4.78, 5) is 21.9. The van der Waals surface area contributed by atoms with Gasteiger partial charge in [-0.05, 0) is 6.07 Å².